The van der Waals surface area contributed by atoms with Crippen LogP contribution in [0.25, 0.3) is 10.9 Å². The molecule has 0 aliphatic heterocycles. The van der Waals surface area contributed by atoms with E-state index in [0.29, 0.717) is 12.4 Å². The SMILES string of the molecule is Cc1ccc2ncnc(NCc3ccc(N)nc3)c2c1. The molecule has 0 saturated heterocycles. The second kappa shape index (κ2) is 5.13. The van der Waals surface area contributed by atoms with Gasteiger partial charge in [-0.05, 0) is 30.7 Å². The Kier molecular flexibility index (Phi) is 3.16. The van der Waals surface area contributed by atoms with E-state index in [-0.39, 0.29) is 0 Å². The fourth-order valence-electron chi connectivity index (χ4n) is 2.04. The maximum Gasteiger partial charge on any atom is 0.137 e. The molecular weight excluding hydrogens is 250 g/mol. The van der Waals surface area contributed by atoms with Gasteiger partial charge in [0, 0.05) is 18.1 Å². The number of aromatic nitrogens is 3. The quantitative estimate of drug-likeness (QED) is 0.761. The molecule has 0 aliphatic carbocycles. The zero-order valence-corrected chi connectivity index (χ0v) is 11.2. The monoisotopic (exact) mass is 265 g/mol. The molecule has 0 atom stereocenters. The van der Waals surface area contributed by atoms with E-state index in [9.17, 15) is 0 Å². The van der Waals surface area contributed by atoms with Crippen molar-refractivity contribution in [3.63, 3.8) is 0 Å². The summed E-state index contributed by atoms with van der Waals surface area (Å²) in [6.45, 7) is 2.70. The van der Waals surface area contributed by atoms with E-state index in [1.165, 1.54) is 5.56 Å². The highest BCUT2D eigenvalue weighted by atomic mass is 15.0. The van der Waals surface area contributed by atoms with Crippen molar-refractivity contribution in [3.05, 3.63) is 54.0 Å². The molecular formula is C15H15N5. The number of benzene rings is 1. The minimum absolute atomic E-state index is 0.525. The zero-order valence-electron chi connectivity index (χ0n) is 11.2. The van der Waals surface area contributed by atoms with E-state index >= 15 is 0 Å². The topological polar surface area (TPSA) is 76.7 Å². The van der Waals surface area contributed by atoms with Crippen LogP contribution in [-0.4, -0.2) is 15.0 Å². The lowest BCUT2D eigenvalue weighted by Crippen LogP contribution is -2.03. The van der Waals surface area contributed by atoms with Gasteiger partial charge in [0.25, 0.3) is 0 Å². The highest BCUT2D eigenvalue weighted by Crippen LogP contribution is 2.20. The van der Waals surface area contributed by atoms with Gasteiger partial charge in [0.2, 0.25) is 0 Å². The molecule has 3 rings (SSSR count). The number of hydrogen-bond acceptors (Lipinski definition) is 5. The van der Waals surface area contributed by atoms with Crippen LogP contribution in [0.1, 0.15) is 11.1 Å². The number of aryl methyl sites for hydroxylation is 1. The van der Waals surface area contributed by atoms with Crippen LogP contribution in [0.4, 0.5) is 11.6 Å². The van der Waals surface area contributed by atoms with Crippen LogP contribution in [0.2, 0.25) is 0 Å². The number of nitrogens with two attached hydrogens (primary N) is 1. The average molecular weight is 265 g/mol. The molecule has 0 spiro atoms. The number of hydrogen-bond donors (Lipinski definition) is 2. The Bertz CT molecular complexity index is 737. The van der Waals surface area contributed by atoms with Gasteiger partial charge in [-0.1, -0.05) is 17.7 Å². The van der Waals surface area contributed by atoms with Crippen LogP contribution in [0.3, 0.4) is 0 Å². The fourth-order valence-corrected chi connectivity index (χ4v) is 2.04. The normalized spacial score (nSPS) is 10.7. The van der Waals surface area contributed by atoms with Gasteiger partial charge < -0.3 is 11.1 Å². The first-order valence-electron chi connectivity index (χ1n) is 6.38. The molecule has 0 radical (unpaired) electrons. The van der Waals surface area contributed by atoms with E-state index in [1.54, 1.807) is 18.6 Å². The molecule has 0 amide bonds. The van der Waals surface area contributed by atoms with Gasteiger partial charge in [0.1, 0.15) is 18.0 Å². The van der Waals surface area contributed by atoms with Crippen LogP contribution in [-0.2, 0) is 6.54 Å². The summed E-state index contributed by atoms with van der Waals surface area (Å²) in [5.41, 5.74) is 8.75. The van der Waals surface area contributed by atoms with Crippen molar-refractivity contribution in [1.29, 1.82) is 0 Å². The van der Waals surface area contributed by atoms with Crippen LogP contribution >= 0.6 is 0 Å². The molecule has 100 valence electrons. The third-order valence-electron chi connectivity index (χ3n) is 3.10. The van der Waals surface area contributed by atoms with E-state index in [4.69, 9.17) is 5.73 Å². The Morgan fingerprint density at radius 3 is 2.80 bits per heavy atom. The molecule has 3 aromatic rings. The van der Waals surface area contributed by atoms with Gasteiger partial charge in [-0.2, -0.15) is 0 Å². The van der Waals surface area contributed by atoms with Gasteiger partial charge in [0.05, 0.1) is 5.52 Å². The highest BCUT2D eigenvalue weighted by Gasteiger charge is 2.03. The molecule has 0 fully saturated rings. The van der Waals surface area contributed by atoms with Crippen molar-refractivity contribution in [2.45, 2.75) is 13.5 Å². The van der Waals surface area contributed by atoms with Crippen molar-refractivity contribution >= 4 is 22.5 Å². The lowest BCUT2D eigenvalue weighted by molar-refractivity contribution is 1.08. The molecule has 3 N–H and O–H groups in total. The fraction of sp³-hybridized carbons (Fsp3) is 0.133. The molecule has 0 aliphatic rings. The maximum absolute atomic E-state index is 5.57. The zero-order chi connectivity index (χ0) is 13.9. The summed E-state index contributed by atoms with van der Waals surface area (Å²) in [7, 11) is 0. The Morgan fingerprint density at radius 1 is 1.10 bits per heavy atom. The van der Waals surface area contributed by atoms with E-state index in [0.717, 1.165) is 22.3 Å². The number of pyridine rings is 1. The van der Waals surface area contributed by atoms with E-state index in [2.05, 4.69) is 33.3 Å². The molecule has 5 heteroatoms. The summed E-state index contributed by atoms with van der Waals surface area (Å²) in [4.78, 5) is 12.7. The molecule has 20 heavy (non-hydrogen) atoms. The summed E-state index contributed by atoms with van der Waals surface area (Å²) in [5.74, 6) is 1.35. The maximum atomic E-state index is 5.57. The number of anilines is 2. The number of fused-ring (bicyclic) bond motifs is 1. The second-order valence-electron chi connectivity index (χ2n) is 4.69. The molecule has 1 aromatic carbocycles. The highest BCUT2D eigenvalue weighted by molar-refractivity contribution is 5.89. The summed E-state index contributed by atoms with van der Waals surface area (Å²) in [6, 6.07) is 9.87. The van der Waals surface area contributed by atoms with Crippen molar-refractivity contribution in [1.82, 2.24) is 15.0 Å². The lowest BCUT2D eigenvalue weighted by atomic mass is 10.1. The summed E-state index contributed by atoms with van der Waals surface area (Å²) < 4.78 is 0. The first-order valence-corrected chi connectivity index (χ1v) is 6.38. The van der Waals surface area contributed by atoms with Gasteiger partial charge >= 0.3 is 0 Å². The van der Waals surface area contributed by atoms with Crippen molar-refractivity contribution in [2.75, 3.05) is 11.1 Å². The standard InChI is InChI=1S/C15H15N5/c1-10-2-4-13-12(6-10)15(20-9-19-13)18-8-11-3-5-14(16)17-7-11/h2-7,9H,8H2,1H3,(H2,16,17)(H,18,19,20). The minimum Gasteiger partial charge on any atom is -0.384 e. The number of rotatable bonds is 3. The number of nitrogens with zero attached hydrogens (tertiary/aromatic N) is 3. The Labute approximate surface area is 116 Å². The Morgan fingerprint density at radius 2 is 2.00 bits per heavy atom. The van der Waals surface area contributed by atoms with Crippen LogP contribution in [0, 0.1) is 6.92 Å². The van der Waals surface area contributed by atoms with Crippen molar-refractivity contribution < 1.29 is 0 Å². The molecule has 0 bridgehead atoms. The first-order chi connectivity index (χ1) is 9.72. The van der Waals surface area contributed by atoms with Crippen LogP contribution < -0.4 is 11.1 Å². The number of nitrogens with one attached hydrogen (secondary N) is 1. The second-order valence-corrected chi connectivity index (χ2v) is 4.69. The summed E-state index contributed by atoms with van der Waals surface area (Å²) >= 11 is 0. The van der Waals surface area contributed by atoms with Gasteiger partial charge in [-0.25, -0.2) is 15.0 Å². The third-order valence-corrected chi connectivity index (χ3v) is 3.10. The lowest BCUT2D eigenvalue weighted by Gasteiger charge is -2.08. The third kappa shape index (κ3) is 2.51. The molecule has 2 aromatic heterocycles. The van der Waals surface area contributed by atoms with Gasteiger partial charge in [-0.3, -0.25) is 0 Å². The molecule has 0 saturated carbocycles. The van der Waals surface area contributed by atoms with Gasteiger partial charge in [-0.15, -0.1) is 0 Å². The Hall–Kier alpha value is -2.69. The summed E-state index contributed by atoms with van der Waals surface area (Å²) in [5, 5.41) is 4.34. The molecule has 2 heterocycles. The van der Waals surface area contributed by atoms with Crippen LogP contribution in [0.15, 0.2) is 42.9 Å². The predicted octanol–water partition coefficient (Wildman–Crippen LogP) is 2.53. The largest absolute Gasteiger partial charge is 0.384 e. The minimum atomic E-state index is 0.525. The van der Waals surface area contributed by atoms with Gasteiger partial charge in [0.15, 0.2) is 0 Å². The summed E-state index contributed by atoms with van der Waals surface area (Å²) in [6.07, 6.45) is 3.33. The van der Waals surface area contributed by atoms with E-state index in [1.807, 2.05) is 18.2 Å². The van der Waals surface area contributed by atoms with Crippen LogP contribution in [0.5, 0.6) is 0 Å². The van der Waals surface area contributed by atoms with Crippen molar-refractivity contribution in [2.24, 2.45) is 0 Å². The first kappa shape index (κ1) is 12.3. The van der Waals surface area contributed by atoms with Crippen molar-refractivity contribution in [3.8, 4) is 0 Å². The molecule has 0 unspecified atom stereocenters. The van der Waals surface area contributed by atoms with E-state index < -0.39 is 0 Å². The smallest absolute Gasteiger partial charge is 0.137 e. The molecule has 5 nitrogen and oxygen atoms in total. The number of nitrogen functional groups attached to an aromatic ring is 1. The predicted molar refractivity (Wildman–Crippen MR) is 80.3 cm³/mol. The average Bonchev–Trinajstić information content (AvgIpc) is 2.47. The Balaban J connectivity index is 1.87.